The monoisotopic (exact) mass is 472 g/mol. The third-order valence-corrected chi connectivity index (χ3v) is 5.95. The number of pyridine rings is 1. The summed E-state index contributed by atoms with van der Waals surface area (Å²) in [6, 6.07) is 10.4. The van der Waals surface area contributed by atoms with E-state index in [0.717, 1.165) is 5.56 Å². The normalized spacial score (nSPS) is 23.2. The molecule has 0 radical (unpaired) electrons. The van der Waals surface area contributed by atoms with Gasteiger partial charge in [-0.05, 0) is 25.3 Å². The molecule has 1 amide bonds. The highest BCUT2D eigenvalue weighted by atomic mass is 16.6. The molecule has 2 N–H and O–H groups in total. The molecule has 184 valence electrons. The fourth-order valence-corrected chi connectivity index (χ4v) is 4.07. The van der Waals surface area contributed by atoms with Gasteiger partial charge in [0, 0.05) is 44.9 Å². The van der Waals surface area contributed by atoms with Crippen LogP contribution in [-0.4, -0.2) is 67.7 Å². The molecular weight excluding hydrogens is 440 g/mol. The minimum absolute atomic E-state index is 0.0972. The highest BCUT2D eigenvalue weighted by molar-refractivity contribution is 5.97. The predicted molar refractivity (Wildman–Crippen MR) is 124 cm³/mol. The lowest BCUT2D eigenvalue weighted by Gasteiger charge is -2.31. The summed E-state index contributed by atoms with van der Waals surface area (Å²) in [7, 11) is 3.01. The smallest absolute Gasteiger partial charge is 0.329 e. The number of ether oxygens (including phenoxy) is 4. The van der Waals surface area contributed by atoms with Crippen LogP contribution in [-0.2, 0) is 25.4 Å². The van der Waals surface area contributed by atoms with E-state index in [-0.39, 0.29) is 36.5 Å². The Morgan fingerprint density at radius 2 is 2.00 bits per heavy atom. The first-order valence-corrected chi connectivity index (χ1v) is 11.3. The number of benzene rings is 1. The largest absolute Gasteiger partial charge is 0.503 e. The summed E-state index contributed by atoms with van der Waals surface area (Å²) in [4.78, 5) is 29.7. The van der Waals surface area contributed by atoms with Crippen molar-refractivity contribution >= 4 is 11.9 Å². The Bertz CT molecular complexity index is 954. The van der Waals surface area contributed by atoms with Crippen molar-refractivity contribution in [1.82, 2.24) is 10.3 Å². The number of methoxy groups -OCH3 is 2. The number of cyclic esters (lactones) is 1. The lowest BCUT2D eigenvalue weighted by molar-refractivity contribution is -0.154. The van der Waals surface area contributed by atoms with Crippen molar-refractivity contribution in [2.75, 3.05) is 27.4 Å². The van der Waals surface area contributed by atoms with Crippen LogP contribution in [0.2, 0.25) is 0 Å². The lowest BCUT2D eigenvalue weighted by atomic mass is 9.88. The average Bonchev–Trinajstić information content (AvgIpc) is 2.88. The van der Waals surface area contributed by atoms with Gasteiger partial charge in [0.1, 0.15) is 12.1 Å². The van der Waals surface area contributed by atoms with Crippen LogP contribution in [0.1, 0.15) is 35.8 Å². The van der Waals surface area contributed by atoms with E-state index in [1.807, 2.05) is 37.3 Å². The molecule has 34 heavy (non-hydrogen) atoms. The van der Waals surface area contributed by atoms with E-state index in [4.69, 9.17) is 18.9 Å². The second kappa shape index (κ2) is 12.3. The second-order valence-corrected chi connectivity index (χ2v) is 8.21. The Morgan fingerprint density at radius 1 is 1.24 bits per heavy atom. The van der Waals surface area contributed by atoms with Crippen LogP contribution in [0.3, 0.4) is 0 Å². The van der Waals surface area contributed by atoms with Gasteiger partial charge in [0.2, 0.25) is 0 Å². The third kappa shape index (κ3) is 6.45. The van der Waals surface area contributed by atoms with Gasteiger partial charge in [0.15, 0.2) is 17.2 Å². The molecule has 1 aliphatic rings. The Hall–Kier alpha value is -3.17. The van der Waals surface area contributed by atoms with Crippen LogP contribution in [0.4, 0.5) is 0 Å². The second-order valence-electron chi connectivity index (χ2n) is 8.21. The highest BCUT2D eigenvalue weighted by Gasteiger charge is 2.35. The number of carbonyl (C=O) groups excluding carboxylic acids is 2. The van der Waals surface area contributed by atoms with Crippen molar-refractivity contribution < 1.29 is 33.6 Å². The molecule has 1 fully saturated rings. The summed E-state index contributed by atoms with van der Waals surface area (Å²) in [6.07, 6.45) is 2.21. The summed E-state index contributed by atoms with van der Waals surface area (Å²) < 4.78 is 22.3. The van der Waals surface area contributed by atoms with E-state index in [1.165, 1.54) is 19.4 Å². The molecule has 0 aliphatic carbocycles. The fraction of sp³-hybridized carbons (Fsp3) is 0.480. The van der Waals surface area contributed by atoms with Crippen molar-refractivity contribution in [2.45, 2.75) is 44.4 Å². The molecule has 9 heteroatoms. The van der Waals surface area contributed by atoms with E-state index >= 15 is 0 Å². The number of hydrogen-bond donors (Lipinski definition) is 2. The Balaban J connectivity index is 1.77. The first kappa shape index (κ1) is 25.5. The maximum atomic E-state index is 13.0. The van der Waals surface area contributed by atoms with Crippen molar-refractivity contribution in [3.63, 3.8) is 0 Å². The van der Waals surface area contributed by atoms with Crippen LogP contribution in [0, 0.1) is 5.92 Å². The van der Waals surface area contributed by atoms with E-state index in [1.54, 1.807) is 7.11 Å². The topological polar surface area (TPSA) is 116 Å². The Kier molecular flexibility index (Phi) is 9.24. The van der Waals surface area contributed by atoms with Gasteiger partial charge in [0.25, 0.3) is 5.91 Å². The minimum atomic E-state index is -0.957. The van der Waals surface area contributed by atoms with Crippen molar-refractivity contribution in [3.05, 3.63) is 53.9 Å². The maximum absolute atomic E-state index is 13.0. The molecule has 0 spiro atoms. The number of nitrogens with zero attached hydrogens (tertiary/aromatic N) is 1. The molecule has 1 aromatic heterocycles. The molecule has 2 aromatic rings. The summed E-state index contributed by atoms with van der Waals surface area (Å²) in [5.41, 5.74) is 0.881. The first-order chi connectivity index (χ1) is 16.4. The third-order valence-electron chi connectivity index (χ3n) is 5.95. The quantitative estimate of drug-likeness (QED) is 0.563. The molecule has 3 rings (SSSR count). The summed E-state index contributed by atoms with van der Waals surface area (Å²) >= 11 is 0. The number of esters is 1. The van der Waals surface area contributed by atoms with E-state index in [2.05, 4.69) is 10.3 Å². The first-order valence-electron chi connectivity index (χ1n) is 11.3. The van der Waals surface area contributed by atoms with E-state index in [0.29, 0.717) is 19.4 Å². The molecular formula is C25H32N2O7. The van der Waals surface area contributed by atoms with Crippen LogP contribution in [0.5, 0.6) is 11.5 Å². The molecule has 9 nitrogen and oxygen atoms in total. The number of amides is 1. The summed E-state index contributed by atoms with van der Waals surface area (Å²) in [5.74, 6) is -1.65. The summed E-state index contributed by atoms with van der Waals surface area (Å²) in [6.45, 7) is 2.59. The zero-order chi connectivity index (χ0) is 24.5. The number of carbonyl (C=O) groups is 2. The van der Waals surface area contributed by atoms with Gasteiger partial charge in [-0.3, -0.25) is 4.79 Å². The molecule has 1 saturated heterocycles. The molecule has 0 saturated carbocycles. The van der Waals surface area contributed by atoms with Crippen LogP contribution >= 0.6 is 0 Å². The number of rotatable bonds is 8. The zero-order valence-electron chi connectivity index (χ0n) is 19.7. The van der Waals surface area contributed by atoms with Gasteiger partial charge >= 0.3 is 5.97 Å². The standard InChI is InChI=1S/C25H32N2O7/c1-16-18(15-17-7-5-4-6-8-17)20(11-13-31-2)33-14-10-19(25(30)34-16)27-24(29)22-23(28)21(32-3)9-12-26-22/h4-9,12,16,18-20,28H,10-11,13-15H2,1-3H3,(H,27,29)/t16-,18-,19-,20+/m0/s1. The Morgan fingerprint density at radius 3 is 2.71 bits per heavy atom. The van der Waals surface area contributed by atoms with E-state index in [9.17, 15) is 14.7 Å². The van der Waals surface area contributed by atoms with Gasteiger partial charge in [-0.15, -0.1) is 0 Å². The van der Waals surface area contributed by atoms with Crippen LogP contribution in [0.15, 0.2) is 42.6 Å². The van der Waals surface area contributed by atoms with Gasteiger partial charge in [-0.25, -0.2) is 9.78 Å². The molecule has 0 bridgehead atoms. The highest BCUT2D eigenvalue weighted by Crippen LogP contribution is 2.28. The Labute approximate surface area is 199 Å². The lowest BCUT2D eigenvalue weighted by Crippen LogP contribution is -2.44. The predicted octanol–water partition coefficient (Wildman–Crippen LogP) is 2.51. The van der Waals surface area contributed by atoms with E-state index < -0.39 is 29.8 Å². The zero-order valence-corrected chi connectivity index (χ0v) is 19.7. The number of aromatic hydroxyl groups is 1. The SMILES string of the molecule is COCC[C@H]1OCC[C@H](NC(=O)c2nccc(OC)c2O)C(=O)O[C@@H](C)[C@@H]1Cc1ccccc1. The van der Waals surface area contributed by atoms with Gasteiger partial charge in [0.05, 0.1) is 13.2 Å². The number of nitrogens with one attached hydrogen (secondary N) is 1. The minimum Gasteiger partial charge on any atom is -0.503 e. The van der Waals surface area contributed by atoms with Crippen LogP contribution < -0.4 is 10.1 Å². The van der Waals surface area contributed by atoms with Crippen molar-refractivity contribution in [2.24, 2.45) is 5.92 Å². The van der Waals surface area contributed by atoms with Gasteiger partial charge < -0.3 is 29.4 Å². The molecule has 1 aromatic carbocycles. The number of aromatic nitrogens is 1. The van der Waals surface area contributed by atoms with Crippen molar-refractivity contribution in [3.8, 4) is 11.5 Å². The molecule has 0 unspecified atom stereocenters. The van der Waals surface area contributed by atoms with Crippen LogP contribution in [0.25, 0.3) is 0 Å². The fourth-order valence-electron chi connectivity index (χ4n) is 4.07. The molecule has 2 heterocycles. The average molecular weight is 473 g/mol. The maximum Gasteiger partial charge on any atom is 0.329 e. The molecule has 1 aliphatic heterocycles. The van der Waals surface area contributed by atoms with Crippen molar-refractivity contribution in [1.29, 1.82) is 0 Å². The van der Waals surface area contributed by atoms with Gasteiger partial charge in [-0.2, -0.15) is 0 Å². The van der Waals surface area contributed by atoms with Gasteiger partial charge in [-0.1, -0.05) is 30.3 Å². The summed E-state index contributed by atoms with van der Waals surface area (Å²) in [5, 5.41) is 12.9. The number of hydrogen-bond acceptors (Lipinski definition) is 8. The molecule has 4 atom stereocenters.